The molecule has 0 unspecified atom stereocenters. The number of rotatable bonds is 5. The fourth-order valence-electron chi connectivity index (χ4n) is 1.25. The van der Waals surface area contributed by atoms with Crippen LogP contribution in [0.3, 0.4) is 0 Å². The first-order valence-corrected chi connectivity index (χ1v) is 5.56. The van der Waals surface area contributed by atoms with Gasteiger partial charge in [0.2, 0.25) is 5.91 Å². The number of benzene rings is 1. The average Bonchev–Trinajstić information content (AvgIpc) is 2.36. The SMILES string of the molecule is C[C@@H](NC(=O)CNC(=O)c1ccc(N)cc1)C(=O)O. The summed E-state index contributed by atoms with van der Waals surface area (Å²) < 4.78 is 0. The molecule has 2 amide bonds. The summed E-state index contributed by atoms with van der Waals surface area (Å²) in [4.78, 5) is 33.5. The summed E-state index contributed by atoms with van der Waals surface area (Å²) in [6.07, 6.45) is 0. The lowest BCUT2D eigenvalue weighted by Crippen LogP contribution is -2.43. The van der Waals surface area contributed by atoms with Gasteiger partial charge in [-0.3, -0.25) is 14.4 Å². The lowest BCUT2D eigenvalue weighted by molar-refractivity contribution is -0.141. The summed E-state index contributed by atoms with van der Waals surface area (Å²) in [6.45, 7) is 1.04. The van der Waals surface area contributed by atoms with Crippen LogP contribution in [0.2, 0.25) is 0 Å². The minimum absolute atomic E-state index is 0.291. The number of carboxylic acid groups (broad SMARTS) is 1. The lowest BCUT2D eigenvalue weighted by Gasteiger charge is -2.10. The van der Waals surface area contributed by atoms with Crippen molar-refractivity contribution in [3.63, 3.8) is 0 Å². The van der Waals surface area contributed by atoms with Crippen molar-refractivity contribution < 1.29 is 19.5 Å². The number of hydrogen-bond acceptors (Lipinski definition) is 4. The van der Waals surface area contributed by atoms with Gasteiger partial charge >= 0.3 is 5.97 Å². The minimum Gasteiger partial charge on any atom is -0.480 e. The molecule has 0 radical (unpaired) electrons. The van der Waals surface area contributed by atoms with Crippen molar-refractivity contribution in [2.75, 3.05) is 12.3 Å². The van der Waals surface area contributed by atoms with E-state index >= 15 is 0 Å². The monoisotopic (exact) mass is 265 g/mol. The van der Waals surface area contributed by atoms with Gasteiger partial charge in [0.15, 0.2) is 0 Å². The van der Waals surface area contributed by atoms with E-state index < -0.39 is 23.8 Å². The van der Waals surface area contributed by atoms with E-state index in [4.69, 9.17) is 10.8 Å². The molecule has 0 fully saturated rings. The Morgan fingerprint density at radius 2 is 1.84 bits per heavy atom. The van der Waals surface area contributed by atoms with Gasteiger partial charge in [-0.2, -0.15) is 0 Å². The van der Waals surface area contributed by atoms with Crippen LogP contribution in [-0.4, -0.2) is 35.5 Å². The highest BCUT2D eigenvalue weighted by atomic mass is 16.4. The van der Waals surface area contributed by atoms with Crippen molar-refractivity contribution in [1.29, 1.82) is 0 Å². The molecule has 0 aliphatic carbocycles. The molecule has 1 aromatic carbocycles. The number of carboxylic acids is 1. The predicted molar refractivity (Wildman–Crippen MR) is 68.4 cm³/mol. The Morgan fingerprint density at radius 3 is 2.37 bits per heavy atom. The van der Waals surface area contributed by atoms with Crippen LogP contribution in [0.5, 0.6) is 0 Å². The third kappa shape index (κ3) is 4.66. The fraction of sp³-hybridized carbons (Fsp3) is 0.250. The molecule has 1 aromatic rings. The van der Waals surface area contributed by atoms with Crippen LogP contribution >= 0.6 is 0 Å². The Morgan fingerprint density at radius 1 is 1.26 bits per heavy atom. The molecule has 0 bridgehead atoms. The second-order valence-corrected chi connectivity index (χ2v) is 3.93. The number of carbonyl (C=O) groups is 3. The highest BCUT2D eigenvalue weighted by Crippen LogP contribution is 2.04. The maximum atomic E-state index is 11.6. The van der Waals surface area contributed by atoms with Gasteiger partial charge in [-0.15, -0.1) is 0 Å². The van der Waals surface area contributed by atoms with Crippen LogP contribution in [0.15, 0.2) is 24.3 Å². The van der Waals surface area contributed by atoms with E-state index in [2.05, 4.69) is 10.6 Å². The molecule has 0 heterocycles. The third-order valence-electron chi connectivity index (χ3n) is 2.33. The van der Waals surface area contributed by atoms with E-state index in [0.717, 1.165) is 0 Å². The van der Waals surface area contributed by atoms with Crippen LogP contribution < -0.4 is 16.4 Å². The topological polar surface area (TPSA) is 122 Å². The number of anilines is 1. The van der Waals surface area contributed by atoms with Crippen molar-refractivity contribution in [1.82, 2.24) is 10.6 Å². The third-order valence-corrected chi connectivity index (χ3v) is 2.33. The second-order valence-electron chi connectivity index (χ2n) is 3.93. The van der Waals surface area contributed by atoms with Crippen LogP contribution in [0, 0.1) is 0 Å². The number of aliphatic carboxylic acids is 1. The van der Waals surface area contributed by atoms with Gasteiger partial charge < -0.3 is 21.5 Å². The molecule has 102 valence electrons. The molecule has 1 atom stereocenters. The van der Waals surface area contributed by atoms with Crippen LogP contribution in [0.1, 0.15) is 17.3 Å². The maximum Gasteiger partial charge on any atom is 0.325 e. The first-order chi connectivity index (χ1) is 8.90. The minimum atomic E-state index is -1.14. The summed E-state index contributed by atoms with van der Waals surface area (Å²) >= 11 is 0. The normalized spacial score (nSPS) is 11.4. The van der Waals surface area contributed by atoms with Crippen molar-refractivity contribution in [2.24, 2.45) is 0 Å². The standard InChI is InChI=1S/C12H15N3O4/c1-7(12(18)19)15-10(16)6-14-11(17)8-2-4-9(13)5-3-8/h2-5,7H,6,13H2,1H3,(H,14,17)(H,15,16)(H,18,19)/t7-/m1/s1. The zero-order chi connectivity index (χ0) is 14.4. The van der Waals surface area contributed by atoms with Crippen molar-refractivity contribution in [2.45, 2.75) is 13.0 Å². The van der Waals surface area contributed by atoms with Crippen molar-refractivity contribution >= 4 is 23.5 Å². The van der Waals surface area contributed by atoms with E-state index in [0.29, 0.717) is 11.3 Å². The zero-order valence-electron chi connectivity index (χ0n) is 10.3. The van der Waals surface area contributed by atoms with E-state index in [1.807, 2.05) is 0 Å². The molecule has 0 spiro atoms. The first kappa shape index (κ1) is 14.5. The van der Waals surface area contributed by atoms with Gasteiger partial charge in [0.05, 0.1) is 6.54 Å². The number of hydrogen-bond donors (Lipinski definition) is 4. The molecule has 0 aliphatic rings. The van der Waals surface area contributed by atoms with Crippen molar-refractivity contribution in [3.8, 4) is 0 Å². The lowest BCUT2D eigenvalue weighted by atomic mass is 10.2. The maximum absolute atomic E-state index is 11.6. The van der Waals surface area contributed by atoms with E-state index in [-0.39, 0.29) is 6.54 Å². The van der Waals surface area contributed by atoms with E-state index in [1.54, 1.807) is 12.1 Å². The summed E-state index contributed by atoms with van der Waals surface area (Å²) in [5, 5.41) is 13.2. The van der Waals surface area contributed by atoms with Crippen LogP contribution in [-0.2, 0) is 9.59 Å². The molecule has 0 saturated heterocycles. The molecular formula is C12H15N3O4. The van der Waals surface area contributed by atoms with Crippen LogP contribution in [0.4, 0.5) is 5.69 Å². The number of nitrogen functional groups attached to an aromatic ring is 1. The Kier molecular flexibility index (Phi) is 4.87. The van der Waals surface area contributed by atoms with Gasteiger partial charge in [-0.1, -0.05) is 0 Å². The van der Waals surface area contributed by atoms with Crippen LogP contribution in [0.25, 0.3) is 0 Å². The van der Waals surface area contributed by atoms with E-state index in [1.165, 1.54) is 19.1 Å². The fourth-order valence-corrected chi connectivity index (χ4v) is 1.25. The van der Waals surface area contributed by atoms with Gasteiger partial charge in [0, 0.05) is 11.3 Å². The summed E-state index contributed by atoms with van der Waals surface area (Å²) in [5.74, 6) is -2.14. The Bertz CT molecular complexity index is 484. The molecule has 0 aliphatic heterocycles. The number of amides is 2. The first-order valence-electron chi connectivity index (χ1n) is 5.56. The van der Waals surface area contributed by atoms with Gasteiger partial charge in [-0.05, 0) is 31.2 Å². The molecular weight excluding hydrogens is 250 g/mol. The Balaban J connectivity index is 2.44. The zero-order valence-corrected chi connectivity index (χ0v) is 10.3. The number of carbonyl (C=O) groups excluding carboxylic acids is 2. The average molecular weight is 265 g/mol. The molecule has 0 saturated carbocycles. The largest absolute Gasteiger partial charge is 0.480 e. The van der Waals surface area contributed by atoms with Gasteiger partial charge in [-0.25, -0.2) is 0 Å². The highest BCUT2D eigenvalue weighted by molar-refractivity contribution is 5.97. The van der Waals surface area contributed by atoms with E-state index in [9.17, 15) is 14.4 Å². The summed E-state index contributed by atoms with van der Waals surface area (Å²) in [7, 11) is 0. The van der Waals surface area contributed by atoms with Gasteiger partial charge in [0.1, 0.15) is 6.04 Å². The molecule has 0 aromatic heterocycles. The predicted octanol–water partition coefficient (Wildman–Crippen LogP) is -0.412. The highest BCUT2D eigenvalue weighted by Gasteiger charge is 2.14. The number of nitrogens with two attached hydrogens (primary N) is 1. The Hall–Kier alpha value is -2.57. The molecule has 19 heavy (non-hydrogen) atoms. The quantitative estimate of drug-likeness (QED) is 0.539. The summed E-state index contributed by atoms with van der Waals surface area (Å²) in [6, 6.07) is 5.20. The summed E-state index contributed by atoms with van der Waals surface area (Å²) in [5.41, 5.74) is 6.38. The molecule has 7 heteroatoms. The molecule has 7 nitrogen and oxygen atoms in total. The van der Waals surface area contributed by atoms with Crippen molar-refractivity contribution in [3.05, 3.63) is 29.8 Å². The molecule has 1 rings (SSSR count). The molecule has 5 N–H and O–H groups in total. The number of nitrogens with one attached hydrogen (secondary N) is 2. The Labute approximate surface area is 109 Å². The smallest absolute Gasteiger partial charge is 0.325 e. The second kappa shape index (κ2) is 6.39. The van der Waals surface area contributed by atoms with Gasteiger partial charge in [0.25, 0.3) is 5.91 Å².